The molecule has 4 heteroatoms. The Bertz CT molecular complexity index is 250. The van der Waals surface area contributed by atoms with Crippen LogP contribution in [0.2, 0.25) is 0 Å². The number of methoxy groups -OCH3 is 1. The maximum atomic E-state index is 5.41. The first-order valence-electron chi connectivity index (χ1n) is 4.12. The van der Waals surface area contributed by atoms with Gasteiger partial charge in [-0.15, -0.1) is 0 Å². The SMILES string of the molecule is COC(C)OC[Se]c1cccn1C. The number of ether oxygens (including phenoxy) is 2. The fourth-order valence-corrected chi connectivity index (χ4v) is 2.57. The summed E-state index contributed by atoms with van der Waals surface area (Å²) in [6.07, 6.45) is 1.96. The van der Waals surface area contributed by atoms with Crippen molar-refractivity contribution >= 4 is 19.5 Å². The molecule has 1 aromatic heterocycles. The van der Waals surface area contributed by atoms with Gasteiger partial charge in [0.25, 0.3) is 0 Å². The van der Waals surface area contributed by atoms with Crippen molar-refractivity contribution in [1.82, 2.24) is 4.57 Å². The molecule has 1 rings (SSSR count). The second kappa shape index (κ2) is 5.45. The molecule has 1 heterocycles. The molecule has 1 unspecified atom stereocenters. The molecular formula is C9H15NO2Se. The van der Waals surface area contributed by atoms with Gasteiger partial charge in [-0.25, -0.2) is 0 Å². The number of aryl methyl sites for hydroxylation is 1. The molecule has 1 aromatic rings. The number of nitrogens with zero attached hydrogens (tertiary/aromatic N) is 1. The van der Waals surface area contributed by atoms with E-state index in [1.165, 1.54) is 4.59 Å². The van der Waals surface area contributed by atoms with Crippen LogP contribution in [0.15, 0.2) is 18.3 Å². The molecule has 0 aliphatic heterocycles. The van der Waals surface area contributed by atoms with Gasteiger partial charge >= 0.3 is 84.8 Å². The monoisotopic (exact) mass is 249 g/mol. The van der Waals surface area contributed by atoms with E-state index in [0.717, 1.165) is 5.51 Å². The molecule has 0 aliphatic rings. The predicted octanol–water partition coefficient (Wildman–Crippen LogP) is 0.321. The van der Waals surface area contributed by atoms with Gasteiger partial charge in [0.1, 0.15) is 0 Å². The standard InChI is InChI=1S/C9H15NO2Se/c1-8(11-3)12-7-13-9-5-4-6-10(9)2/h4-6,8H,7H2,1-3H3. The molecule has 13 heavy (non-hydrogen) atoms. The zero-order valence-corrected chi connectivity index (χ0v) is 9.90. The van der Waals surface area contributed by atoms with Crippen molar-refractivity contribution in [2.24, 2.45) is 7.05 Å². The van der Waals surface area contributed by atoms with E-state index >= 15 is 0 Å². The predicted molar refractivity (Wildman–Crippen MR) is 53.2 cm³/mol. The number of rotatable bonds is 5. The second-order valence-electron chi connectivity index (χ2n) is 2.69. The van der Waals surface area contributed by atoms with Crippen LogP contribution in [-0.4, -0.2) is 38.4 Å². The Morgan fingerprint density at radius 1 is 1.62 bits per heavy atom. The Morgan fingerprint density at radius 3 is 2.92 bits per heavy atom. The summed E-state index contributed by atoms with van der Waals surface area (Å²) in [4.78, 5) is 0. The Balaban J connectivity index is 2.24. The second-order valence-corrected chi connectivity index (χ2v) is 4.67. The van der Waals surface area contributed by atoms with Crippen molar-refractivity contribution in [2.45, 2.75) is 13.2 Å². The third kappa shape index (κ3) is 3.53. The zero-order chi connectivity index (χ0) is 9.68. The first-order chi connectivity index (χ1) is 6.24. The van der Waals surface area contributed by atoms with E-state index in [1.807, 2.05) is 6.92 Å². The quantitative estimate of drug-likeness (QED) is 0.553. The van der Waals surface area contributed by atoms with Crippen LogP contribution < -0.4 is 4.59 Å². The van der Waals surface area contributed by atoms with E-state index in [4.69, 9.17) is 9.47 Å². The van der Waals surface area contributed by atoms with Crippen molar-refractivity contribution in [3.63, 3.8) is 0 Å². The summed E-state index contributed by atoms with van der Waals surface area (Å²) in [7, 11) is 3.71. The van der Waals surface area contributed by atoms with Crippen LogP contribution in [0.25, 0.3) is 0 Å². The van der Waals surface area contributed by atoms with Gasteiger partial charge in [0.15, 0.2) is 0 Å². The molecule has 0 aliphatic carbocycles. The van der Waals surface area contributed by atoms with E-state index in [2.05, 4.69) is 29.9 Å². The first kappa shape index (κ1) is 10.8. The van der Waals surface area contributed by atoms with Crippen LogP contribution in [0.4, 0.5) is 0 Å². The Morgan fingerprint density at radius 2 is 2.38 bits per heavy atom. The average molecular weight is 248 g/mol. The molecule has 1 atom stereocenters. The van der Waals surface area contributed by atoms with Crippen molar-refractivity contribution in [3.05, 3.63) is 18.3 Å². The molecule has 74 valence electrons. The number of hydrogen-bond donors (Lipinski definition) is 0. The summed E-state index contributed by atoms with van der Waals surface area (Å²) in [6.45, 7) is 1.90. The van der Waals surface area contributed by atoms with Crippen LogP contribution in [0.5, 0.6) is 0 Å². The van der Waals surface area contributed by atoms with Crippen LogP contribution >= 0.6 is 0 Å². The van der Waals surface area contributed by atoms with Crippen LogP contribution in [0, 0.1) is 0 Å². The van der Waals surface area contributed by atoms with Gasteiger partial charge in [0.2, 0.25) is 0 Å². The summed E-state index contributed by atoms with van der Waals surface area (Å²) in [5.74, 6) is 0. The fraction of sp³-hybridized carbons (Fsp3) is 0.556. The molecule has 0 amide bonds. The van der Waals surface area contributed by atoms with Gasteiger partial charge in [-0.05, 0) is 0 Å². The topological polar surface area (TPSA) is 23.4 Å². The Kier molecular flexibility index (Phi) is 4.53. The minimum atomic E-state index is -0.0952. The minimum absolute atomic E-state index is 0.0952. The van der Waals surface area contributed by atoms with Gasteiger partial charge in [-0.2, -0.15) is 0 Å². The van der Waals surface area contributed by atoms with E-state index in [0.29, 0.717) is 15.0 Å². The van der Waals surface area contributed by atoms with Gasteiger partial charge in [0.05, 0.1) is 0 Å². The fourth-order valence-electron chi connectivity index (χ4n) is 0.854. The van der Waals surface area contributed by atoms with Crippen LogP contribution in [0.3, 0.4) is 0 Å². The summed E-state index contributed by atoms with van der Waals surface area (Å²) in [6, 6.07) is 4.18. The van der Waals surface area contributed by atoms with Gasteiger partial charge in [-0.1, -0.05) is 0 Å². The van der Waals surface area contributed by atoms with Crippen molar-refractivity contribution < 1.29 is 9.47 Å². The molecule has 0 radical (unpaired) electrons. The molecule has 0 saturated heterocycles. The Hall–Kier alpha value is -0.281. The maximum absolute atomic E-state index is 5.41. The zero-order valence-electron chi connectivity index (χ0n) is 8.19. The van der Waals surface area contributed by atoms with Gasteiger partial charge in [0, 0.05) is 0 Å². The molecule has 0 saturated carbocycles. The van der Waals surface area contributed by atoms with Crippen LogP contribution in [-0.2, 0) is 16.5 Å². The van der Waals surface area contributed by atoms with E-state index < -0.39 is 0 Å². The van der Waals surface area contributed by atoms with Gasteiger partial charge in [-0.3, -0.25) is 0 Å². The third-order valence-electron chi connectivity index (χ3n) is 1.74. The average Bonchev–Trinajstić information content (AvgIpc) is 2.52. The van der Waals surface area contributed by atoms with E-state index in [1.54, 1.807) is 7.11 Å². The molecule has 0 bridgehead atoms. The molecule has 0 N–H and O–H groups in total. The number of hydrogen-bond acceptors (Lipinski definition) is 2. The molecular weight excluding hydrogens is 233 g/mol. The Labute approximate surface area is 85.2 Å². The third-order valence-corrected chi connectivity index (χ3v) is 3.78. The van der Waals surface area contributed by atoms with Crippen molar-refractivity contribution in [3.8, 4) is 0 Å². The summed E-state index contributed by atoms with van der Waals surface area (Å²) < 4.78 is 13.9. The molecule has 0 aromatic carbocycles. The summed E-state index contributed by atoms with van der Waals surface area (Å²) in [5.41, 5.74) is 0.764. The normalized spacial score (nSPS) is 13.2. The van der Waals surface area contributed by atoms with E-state index in [-0.39, 0.29) is 6.29 Å². The van der Waals surface area contributed by atoms with Gasteiger partial charge < -0.3 is 0 Å². The van der Waals surface area contributed by atoms with Crippen molar-refractivity contribution in [1.29, 1.82) is 0 Å². The van der Waals surface area contributed by atoms with E-state index in [9.17, 15) is 0 Å². The summed E-state index contributed by atoms with van der Waals surface area (Å²) >= 11 is 0.380. The van der Waals surface area contributed by atoms with Crippen molar-refractivity contribution in [2.75, 3.05) is 12.6 Å². The van der Waals surface area contributed by atoms with Crippen LogP contribution in [0.1, 0.15) is 6.92 Å². The summed E-state index contributed by atoms with van der Waals surface area (Å²) in [5, 5.41) is 0. The molecule has 3 nitrogen and oxygen atoms in total. The number of aromatic nitrogens is 1. The molecule has 0 fully saturated rings. The molecule has 0 spiro atoms. The first-order valence-corrected chi connectivity index (χ1v) is 6.19.